The van der Waals surface area contributed by atoms with Gasteiger partial charge in [0.2, 0.25) is 6.71 Å². The molecule has 0 fully saturated rings. The zero-order valence-electron chi connectivity index (χ0n) is 21.6. The number of hydrogen-bond acceptors (Lipinski definition) is 1. The van der Waals surface area contributed by atoms with Gasteiger partial charge in [0, 0.05) is 7.11 Å². The van der Waals surface area contributed by atoms with Crippen LogP contribution in [0.4, 0.5) is 0 Å². The largest absolute Gasteiger partial charge is 0.384 e. The molecule has 4 rings (SSSR count). The van der Waals surface area contributed by atoms with Crippen LogP contribution in [-0.2, 0) is 4.74 Å². The molecule has 0 amide bonds. The van der Waals surface area contributed by atoms with E-state index >= 15 is 0 Å². The van der Waals surface area contributed by atoms with E-state index in [1.54, 1.807) is 7.11 Å². The highest BCUT2D eigenvalue weighted by Crippen LogP contribution is 2.32. The van der Waals surface area contributed by atoms with Crippen LogP contribution in [0.3, 0.4) is 0 Å². The second kappa shape index (κ2) is 11.4. The Bertz CT molecular complexity index is 1220. The predicted octanol–water partition coefficient (Wildman–Crippen LogP) is 6.72. The molecule has 0 spiro atoms. The molecule has 0 saturated heterocycles. The second-order valence-corrected chi connectivity index (χ2v) is 9.62. The van der Waals surface area contributed by atoms with Crippen LogP contribution in [0.2, 0.25) is 0 Å². The van der Waals surface area contributed by atoms with E-state index in [1.165, 1.54) is 55.4 Å². The molecule has 0 aliphatic rings. The first-order chi connectivity index (χ1) is 17.0. The van der Waals surface area contributed by atoms with E-state index in [-0.39, 0.29) is 6.71 Å². The second-order valence-electron chi connectivity index (χ2n) is 9.62. The van der Waals surface area contributed by atoms with Gasteiger partial charge in [0.15, 0.2) is 0 Å². The van der Waals surface area contributed by atoms with Crippen molar-refractivity contribution in [3.63, 3.8) is 0 Å². The Kier molecular flexibility index (Phi) is 8.05. The first kappa shape index (κ1) is 24.8. The molecule has 0 aliphatic carbocycles. The SMILES string of the molecule is COCC/C(=C(\B(c1ccc(C)cc1)c1ccc(C)cc1)c1ccc(C)cc1)c1ccc(C)cc1. The van der Waals surface area contributed by atoms with E-state index in [0.717, 1.165) is 6.42 Å². The van der Waals surface area contributed by atoms with Gasteiger partial charge in [-0.25, -0.2) is 0 Å². The molecule has 0 heterocycles. The van der Waals surface area contributed by atoms with Crippen molar-refractivity contribution in [2.24, 2.45) is 0 Å². The molecule has 35 heavy (non-hydrogen) atoms. The first-order valence-electron chi connectivity index (χ1n) is 12.5. The van der Waals surface area contributed by atoms with Crippen LogP contribution in [0, 0.1) is 27.7 Å². The molecule has 0 N–H and O–H groups in total. The van der Waals surface area contributed by atoms with Crippen molar-refractivity contribution in [2.45, 2.75) is 34.1 Å². The molecule has 0 radical (unpaired) electrons. The first-order valence-corrected chi connectivity index (χ1v) is 12.5. The van der Waals surface area contributed by atoms with Crippen LogP contribution in [0.5, 0.6) is 0 Å². The molecular weight excluding hydrogens is 423 g/mol. The van der Waals surface area contributed by atoms with Gasteiger partial charge in [0.25, 0.3) is 0 Å². The van der Waals surface area contributed by atoms with Crippen LogP contribution in [0.1, 0.15) is 39.8 Å². The maximum Gasteiger partial charge on any atom is 0.242 e. The Balaban J connectivity index is 2.06. The molecule has 0 unspecified atom stereocenters. The van der Waals surface area contributed by atoms with Crippen LogP contribution in [0.15, 0.2) is 97.1 Å². The zero-order chi connectivity index (χ0) is 24.8. The van der Waals surface area contributed by atoms with Crippen molar-refractivity contribution in [1.29, 1.82) is 0 Å². The fourth-order valence-electron chi connectivity index (χ4n) is 4.69. The summed E-state index contributed by atoms with van der Waals surface area (Å²) >= 11 is 0. The van der Waals surface area contributed by atoms with Gasteiger partial charge in [-0.15, -0.1) is 0 Å². The Morgan fingerprint density at radius 1 is 0.543 bits per heavy atom. The highest BCUT2D eigenvalue weighted by atomic mass is 16.5. The lowest BCUT2D eigenvalue weighted by Crippen LogP contribution is -2.44. The normalized spacial score (nSPS) is 11.8. The average Bonchev–Trinajstić information content (AvgIpc) is 2.87. The van der Waals surface area contributed by atoms with Gasteiger partial charge in [0.05, 0.1) is 6.61 Å². The van der Waals surface area contributed by atoms with Gasteiger partial charge in [-0.05, 0) is 50.8 Å². The number of aryl methyl sites for hydroxylation is 4. The molecule has 0 saturated carbocycles. The Hall–Kier alpha value is -3.36. The molecule has 4 aromatic carbocycles. The summed E-state index contributed by atoms with van der Waals surface area (Å²) in [5, 5.41) is 0. The summed E-state index contributed by atoms with van der Waals surface area (Å²) in [6.07, 6.45) is 0.844. The summed E-state index contributed by atoms with van der Waals surface area (Å²) in [7, 11) is 1.79. The van der Waals surface area contributed by atoms with Gasteiger partial charge in [-0.2, -0.15) is 0 Å². The van der Waals surface area contributed by atoms with Crippen molar-refractivity contribution < 1.29 is 4.74 Å². The highest BCUT2D eigenvalue weighted by molar-refractivity contribution is 7.00. The molecule has 176 valence electrons. The minimum atomic E-state index is 0.104. The smallest absolute Gasteiger partial charge is 0.242 e. The lowest BCUT2D eigenvalue weighted by molar-refractivity contribution is 0.206. The van der Waals surface area contributed by atoms with Crippen LogP contribution >= 0.6 is 0 Å². The molecule has 0 aliphatic heterocycles. The number of benzene rings is 4. The van der Waals surface area contributed by atoms with E-state index in [2.05, 4.69) is 125 Å². The van der Waals surface area contributed by atoms with Gasteiger partial charge >= 0.3 is 0 Å². The zero-order valence-corrected chi connectivity index (χ0v) is 21.6. The minimum absolute atomic E-state index is 0.104. The van der Waals surface area contributed by atoms with E-state index in [9.17, 15) is 0 Å². The summed E-state index contributed by atoms with van der Waals surface area (Å²) in [6.45, 7) is 9.37. The van der Waals surface area contributed by atoms with Crippen molar-refractivity contribution in [1.82, 2.24) is 0 Å². The van der Waals surface area contributed by atoms with Crippen LogP contribution < -0.4 is 10.9 Å². The van der Waals surface area contributed by atoms with Gasteiger partial charge in [-0.3, -0.25) is 0 Å². The van der Waals surface area contributed by atoms with E-state index in [4.69, 9.17) is 4.74 Å². The average molecular weight is 458 g/mol. The van der Waals surface area contributed by atoms with Gasteiger partial charge in [0.1, 0.15) is 0 Å². The fraction of sp³-hybridized carbons (Fsp3) is 0.212. The molecule has 0 bridgehead atoms. The Labute approximate surface area is 211 Å². The summed E-state index contributed by atoms with van der Waals surface area (Å²) in [5.74, 6) is 0. The Morgan fingerprint density at radius 3 is 1.31 bits per heavy atom. The van der Waals surface area contributed by atoms with Gasteiger partial charge in [-0.1, -0.05) is 136 Å². The lowest BCUT2D eigenvalue weighted by Gasteiger charge is -2.25. The number of rotatable bonds is 8. The third-order valence-electron chi connectivity index (χ3n) is 6.75. The molecule has 0 aromatic heterocycles. The summed E-state index contributed by atoms with van der Waals surface area (Å²) in [5.41, 5.74) is 12.9. The maximum atomic E-state index is 5.61. The predicted molar refractivity (Wildman–Crippen MR) is 153 cm³/mol. The number of ether oxygens (including phenoxy) is 1. The lowest BCUT2D eigenvalue weighted by atomic mass is 9.34. The molecular formula is C33H35BO. The topological polar surface area (TPSA) is 9.23 Å². The standard InChI is InChI=1S/C33H35BO/c1-24-6-14-28(15-7-24)32(22-23-35-5)33(29-16-8-25(2)9-17-29)34(30-18-10-26(3)11-19-30)31-20-12-27(4)13-21-31/h6-21H,22-23H2,1-5H3/b33-32+. The minimum Gasteiger partial charge on any atom is -0.384 e. The quantitative estimate of drug-likeness (QED) is 0.211. The molecule has 0 atom stereocenters. The summed E-state index contributed by atoms with van der Waals surface area (Å²) < 4.78 is 5.61. The highest BCUT2D eigenvalue weighted by Gasteiger charge is 2.28. The molecule has 1 nitrogen and oxygen atoms in total. The van der Waals surface area contributed by atoms with Crippen molar-refractivity contribution >= 4 is 28.7 Å². The third-order valence-corrected chi connectivity index (χ3v) is 6.75. The third kappa shape index (κ3) is 6.02. The van der Waals surface area contributed by atoms with E-state index < -0.39 is 0 Å². The summed E-state index contributed by atoms with van der Waals surface area (Å²) in [6, 6.07) is 36.0. The van der Waals surface area contributed by atoms with Crippen LogP contribution in [0.25, 0.3) is 11.0 Å². The molecule has 2 heteroatoms. The fourth-order valence-corrected chi connectivity index (χ4v) is 4.69. The van der Waals surface area contributed by atoms with E-state index in [0.29, 0.717) is 6.61 Å². The van der Waals surface area contributed by atoms with Crippen molar-refractivity contribution in [2.75, 3.05) is 13.7 Å². The Morgan fingerprint density at radius 2 is 0.914 bits per heavy atom. The number of hydrogen-bond donors (Lipinski definition) is 0. The summed E-state index contributed by atoms with van der Waals surface area (Å²) in [4.78, 5) is 0. The van der Waals surface area contributed by atoms with Gasteiger partial charge < -0.3 is 4.74 Å². The van der Waals surface area contributed by atoms with Crippen LogP contribution in [-0.4, -0.2) is 20.4 Å². The van der Waals surface area contributed by atoms with Crippen molar-refractivity contribution in [3.05, 3.63) is 130 Å². The number of methoxy groups -OCH3 is 1. The molecule has 4 aromatic rings. The maximum absolute atomic E-state index is 5.61. The van der Waals surface area contributed by atoms with E-state index in [1.807, 2.05) is 0 Å². The monoisotopic (exact) mass is 458 g/mol. The van der Waals surface area contributed by atoms with Crippen molar-refractivity contribution in [3.8, 4) is 0 Å².